The lowest BCUT2D eigenvalue weighted by atomic mass is 9.44. The summed E-state index contributed by atoms with van der Waals surface area (Å²) in [6, 6.07) is 0. The van der Waals surface area contributed by atoms with Gasteiger partial charge in [0.1, 0.15) is 0 Å². The fraction of sp³-hybridized carbons (Fsp3) is 1.00. The second-order valence-corrected chi connectivity index (χ2v) is 12.2. The first-order valence-electron chi connectivity index (χ1n) is 13.8. The van der Waals surface area contributed by atoms with E-state index in [-0.39, 0.29) is 12.2 Å². The Balaban J connectivity index is 0.00000106. The van der Waals surface area contributed by atoms with Crippen molar-refractivity contribution in [2.45, 2.75) is 130 Å². The lowest BCUT2D eigenvalue weighted by Crippen LogP contribution is -2.53. The first kappa shape index (κ1) is 23.1. The largest absolute Gasteiger partial charge is 0.393 e. The maximum atomic E-state index is 10.3. The molecule has 0 aromatic rings. The summed E-state index contributed by atoms with van der Waals surface area (Å²) in [7, 11) is 0. The number of fused-ring (bicyclic) bond motifs is 5. The zero-order valence-corrected chi connectivity index (χ0v) is 20.4. The molecule has 0 amide bonds. The predicted octanol–water partition coefficient (Wildman–Crippen LogP) is 6.97. The van der Waals surface area contributed by atoms with Gasteiger partial charge in [-0.25, -0.2) is 0 Å². The highest BCUT2D eigenvalue weighted by Gasteiger charge is 2.59. The van der Waals surface area contributed by atoms with Crippen LogP contribution in [0.3, 0.4) is 0 Å². The highest BCUT2D eigenvalue weighted by molar-refractivity contribution is 5.09. The number of aliphatic hydroxyl groups excluding tert-OH is 2. The van der Waals surface area contributed by atoms with Crippen molar-refractivity contribution in [3.8, 4) is 0 Å². The molecule has 5 aliphatic rings. The van der Waals surface area contributed by atoms with Gasteiger partial charge in [-0.2, -0.15) is 0 Å². The molecule has 0 aromatic carbocycles. The van der Waals surface area contributed by atoms with Crippen LogP contribution < -0.4 is 0 Å². The third-order valence-corrected chi connectivity index (χ3v) is 11.1. The molecule has 7 unspecified atom stereocenters. The third-order valence-electron chi connectivity index (χ3n) is 11.1. The molecular formula is C28H50O2. The van der Waals surface area contributed by atoms with Crippen LogP contribution in [-0.2, 0) is 0 Å². The van der Waals surface area contributed by atoms with Gasteiger partial charge >= 0.3 is 0 Å². The summed E-state index contributed by atoms with van der Waals surface area (Å²) in [4.78, 5) is 0. The standard InChI is InChI=1S/C26H44O2.C2H6/c1-25-15-13-23-21(10-8-19-16-20(27)12-14-26(19,23)2)22(25)11-9-18(25)4-3-5-24(28)17-6-7-17;1-2/h17-24,27-28H,3-16H2,1-2H3;1-2H3/t18-,19?,20?,21-,22?,23?,24?,25?,26?;/m0./s1. The Morgan fingerprint density at radius 3 is 2.27 bits per heavy atom. The van der Waals surface area contributed by atoms with E-state index in [0.717, 1.165) is 48.9 Å². The molecule has 0 heterocycles. The maximum Gasteiger partial charge on any atom is 0.0568 e. The summed E-state index contributed by atoms with van der Waals surface area (Å²) in [5.74, 6) is 5.16. The highest BCUT2D eigenvalue weighted by atomic mass is 16.3. The van der Waals surface area contributed by atoms with Gasteiger partial charge in [-0.1, -0.05) is 34.1 Å². The average molecular weight is 419 g/mol. The first-order valence-corrected chi connectivity index (χ1v) is 13.8. The molecule has 9 atom stereocenters. The highest BCUT2D eigenvalue weighted by Crippen LogP contribution is 2.67. The molecule has 5 fully saturated rings. The summed E-state index contributed by atoms with van der Waals surface area (Å²) < 4.78 is 0. The molecule has 0 aromatic heterocycles. The minimum absolute atomic E-state index is 0.00220. The van der Waals surface area contributed by atoms with Crippen LogP contribution in [-0.4, -0.2) is 22.4 Å². The van der Waals surface area contributed by atoms with E-state index in [1.165, 1.54) is 70.6 Å². The Hall–Kier alpha value is -0.0800. The van der Waals surface area contributed by atoms with Crippen LogP contribution in [0.5, 0.6) is 0 Å². The Bertz CT molecular complexity index is 571. The lowest BCUT2D eigenvalue weighted by molar-refractivity contribution is -0.127. The zero-order chi connectivity index (χ0) is 21.5. The maximum absolute atomic E-state index is 10.3. The summed E-state index contributed by atoms with van der Waals surface area (Å²) in [5, 5.41) is 20.5. The molecule has 0 aliphatic heterocycles. The van der Waals surface area contributed by atoms with E-state index in [1.807, 2.05) is 13.8 Å². The molecular weight excluding hydrogens is 368 g/mol. The monoisotopic (exact) mass is 418 g/mol. The van der Waals surface area contributed by atoms with E-state index in [1.54, 1.807) is 0 Å². The molecule has 2 heteroatoms. The molecule has 0 bridgehead atoms. The van der Waals surface area contributed by atoms with Gasteiger partial charge in [-0.05, 0) is 130 Å². The molecule has 5 rings (SSSR count). The van der Waals surface area contributed by atoms with Gasteiger partial charge in [0.25, 0.3) is 0 Å². The molecule has 0 saturated heterocycles. The van der Waals surface area contributed by atoms with E-state index in [4.69, 9.17) is 0 Å². The van der Waals surface area contributed by atoms with Crippen LogP contribution in [0.2, 0.25) is 0 Å². The molecule has 174 valence electrons. The van der Waals surface area contributed by atoms with Crippen LogP contribution in [0.15, 0.2) is 0 Å². The van der Waals surface area contributed by atoms with Crippen LogP contribution in [0.4, 0.5) is 0 Å². The summed E-state index contributed by atoms with van der Waals surface area (Å²) in [6.07, 6.45) is 18.2. The molecule has 0 radical (unpaired) electrons. The van der Waals surface area contributed by atoms with Crippen LogP contribution in [0, 0.1) is 46.3 Å². The van der Waals surface area contributed by atoms with Gasteiger partial charge in [0.05, 0.1) is 12.2 Å². The van der Waals surface area contributed by atoms with Gasteiger partial charge in [-0.3, -0.25) is 0 Å². The molecule has 30 heavy (non-hydrogen) atoms. The second-order valence-electron chi connectivity index (χ2n) is 12.2. The molecule has 5 aliphatic carbocycles. The summed E-state index contributed by atoms with van der Waals surface area (Å²) >= 11 is 0. The van der Waals surface area contributed by atoms with Gasteiger partial charge in [0.2, 0.25) is 0 Å². The topological polar surface area (TPSA) is 40.5 Å². The van der Waals surface area contributed by atoms with Crippen molar-refractivity contribution < 1.29 is 10.2 Å². The quantitative estimate of drug-likeness (QED) is 0.506. The molecule has 2 nitrogen and oxygen atoms in total. The lowest BCUT2D eigenvalue weighted by Gasteiger charge is -2.61. The minimum Gasteiger partial charge on any atom is -0.393 e. The van der Waals surface area contributed by atoms with Crippen molar-refractivity contribution in [1.82, 2.24) is 0 Å². The first-order chi connectivity index (χ1) is 14.4. The Morgan fingerprint density at radius 1 is 0.833 bits per heavy atom. The van der Waals surface area contributed by atoms with E-state index in [9.17, 15) is 10.2 Å². The predicted molar refractivity (Wildman–Crippen MR) is 125 cm³/mol. The van der Waals surface area contributed by atoms with Gasteiger partial charge < -0.3 is 10.2 Å². The molecule has 2 N–H and O–H groups in total. The smallest absolute Gasteiger partial charge is 0.0568 e. The van der Waals surface area contributed by atoms with E-state index in [2.05, 4.69) is 13.8 Å². The van der Waals surface area contributed by atoms with Crippen molar-refractivity contribution in [1.29, 1.82) is 0 Å². The van der Waals surface area contributed by atoms with Crippen molar-refractivity contribution in [3.63, 3.8) is 0 Å². The Labute approximate surface area is 186 Å². The van der Waals surface area contributed by atoms with Crippen molar-refractivity contribution in [2.75, 3.05) is 0 Å². The SMILES string of the molecule is CC.CC12CCC(O)CC1CC[C@@H]1C2CCC2(C)C1CC[C@@H]2CCCC(O)C1CC1. The van der Waals surface area contributed by atoms with Crippen molar-refractivity contribution in [2.24, 2.45) is 46.3 Å². The fourth-order valence-corrected chi connectivity index (χ4v) is 9.11. The van der Waals surface area contributed by atoms with E-state index >= 15 is 0 Å². The zero-order valence-electron chi connectivity index (χ0n) is 20.4. The summed E-state index contributed by atoms with van der Waals surface area (Å²) in [5.41, 5.74) is 1.08. The second kappa shape index (κ2) is 9.05. The van der Waals surface area contributed by atoms with Crippen molar-refractivity contribution >= 4 is 0 Å². The van der Waals surface area contributed by atoms with Gasteiger partial charge in [0.15, 0.2) is 0 Å². The number of hydrogen-bond acceptors (Lipinski definition) is 2. The van der Waals surface area contributed by atoms with Gasteiger partial charge in [-0.15, -0.1) is 0 Å². The average Bonchev–Trinajstić information content (AvgIpc) is 3.54. The van der Waals surface area contributed by atoms with Crippen LogP contribution >= 0.6 is 0 Å². The van der Waals surface area contributed by atoms with Gasteiger partial charge in [0, 0.05) is 0 Å². The number of aliphatic hydroxyl groups is 2. The number of rotatable bonds is 5. The molecule has 5 saturated carbocycles. The van der Waals surface area contributed by atoms with Crippen LogP contribution in [0.1, 0.15) is 118 Å². The molecule has 0 spiro atoms. The Kier molecular flexibility index (Phi) is 6.96. The number of hydrogen-bond donors (Lipinski definition) is 2. The minimum atomic E-state index is -0.0228. The normalized spacial score (nSPS) is 48.6. The van der Waals surface area contributed by atoms with E-state index < -0.39 is 0 Å². The summed E-state index contributed by atoms with van der Waals surface area (Å²) in [6.45, 7) is 9.26. The third kappa shape index (κ3) is 4.02. The van der Waals surface area contributed by atoms with E-state index in [0.29, 0.717) is 16.7 Å². The Morgan fingerprint density at radius 2 is 1.53 bits per heavy atom. The van der Waals surface area contributed by atoms with Crippen molar-refractivity contribution in [3.05, 3.63) is 0 Å². The fourth-order valence-electron chi connectivity index (χ4n) is 9.11. The van der Waals surface area contributed by atoms with Crippen LogP contribution in [0.25, 0.3) is 0 Å².